The Labute approximate surface area is 122 Å². The SMILES string of the molecule is COC(=O)CC(NC(C)=O)c1c[nH]c2ccc(OC)cc12. The van der Waals surface area contributed by atoms with Crippen molar-refractivity contribution < 1.29 is 19.1 Å². The van der Waals surface area contributed by atoms with Crippen LogP contribution in [0.2, 0.25) is 0 Å². The molecule has 0 saturated carbocycles. The second-order valence-electron chi connectivity index (χ2n) is 4.69. The third-order valence-corrected chi connectivity index (χ3v) is 3.27. The maximum absolute atomic E-state index is 11.5. The zero-order valence-corrected chi connectivity index (χ0v) is 12.2. The van der Waals surface area contributed by atoms with E-state index in [0.29, 0.717) is 5.75 Å². The zero-order chi connectivity index (χ0) is 15.4. The molecule has 0 aliphatic carbocycles. The predicted molar refractivity (Wildman–Crippen MR) is 78.0 cm³/mol. The number of aromatic nitrogens is 1. The van der Waals surface area contributed by atoms with Crippen molar-refractivity contribution in [2.45, 2.75) is 19.4 Å². The number of carbonyl (C=O) groups is 2. The zero-order valence-electron chi connectivity index (χ0n) is 12.2. The lowest BCUT2D eigenvalue weighted by Crippen LogP contribution is -2.28. The standard InChI is InChI=1S/C15H18N2O4/c1-9(18)17-14(7-15(19)21-3)12-8-16-13-5-4-10(20-2)6-11(12)13/h4-6,8,14,16H,7H2,1-3H3,(H,17,18). The summed E-state index contributed by atoms with van der Waals surface area (Å²) in [7, 11) is 2.92. The van der Waals surface area contributed by atoms with E-state index in [-0.39, 0.29) is 18.3 Å². The number of hydrogen-bond acceptors (Lipinski definition) is 4. The number of rotatable bonds is 5. The average Bonchev–Trinajstić information content (AvgIpc) is 2.88. The molecule has 0 fully saturated rings. The Kier molecular flexibility index (Phi) is 4.47. The summed E-state index contributed by atoms with van der Waals surface area (Å²) in [6, 6.07) is 5.15. The first-order chi connectivity index (χ1) is 10.0. The van der Waals surface area contributed by atoms with Crippen molar-refractivity contribution in [2.75, 3.05) is 14.2 Å². The molecule has 1 amide bonds. The van der Waals surface area contributed by atoms with E-state index in [0.717, 1.165) is 16.5 Å². The second kappa shape index (κ2) is 6.30. The van der Waals surface area contributed by atoms with Crippen LogP contribution in [0.1, 0.15) is 24.9 Å². The van der Waals surface area contributed by atoms with Gasteiger partial charge in [0.15, 0.2) is 0 Å². The summed E-state index contributed by atoms with van der Waals surface area (Å²) in [6.45, 7) is 1.42. The largest absolute Gasteiger partial charge is 0.497 e. The molecule has 1 aromatic carbocycles. The van der Waals surface area contributed by atoms with E-state index in [1.807, 2.05) is 18.2 Å². The lowest BCUT2D eigenvalue weighted by atomic mass is 10.0. The Balaban J connectivity index is 2.42. The van der Waals surface area contributed by atoms with Crippen molar-refractivity contribution in [1.82, 2.24) is 10.3 Å². The van der Waals surface area contributed by atoms with E-state index < -0.39 is 6.04 Å². The van der Waals surface area contributed by atoms with Crippen LogP contribution in [0.5, 0.6) is 5.75 Å². The summed E-state index contributed by atoms with van der Waals surface area (Å²) < 4.78 is 9.91. The van der Waals surface area contributed by atoms with E-state index in [9.17, 15) is 9.59 Å². The number of esters is 1. The van der Waals surface area contributed by atoms with Gasteiger partial charge in [0.2, 0.25) is 5.91 Å². The van der Waals surface area contributed by atoms with E-state index in [1.165, 1.54) is 14.0 Å². The van der Waals surface area contributed by atoms with Gasteiger partial charge in [0.1, 0.15) is 5.75 Å². The number of nitrogens with one attached hydrogen (secondary N) is 2. The summed E-state index contributed by atoms with van der Waals surface area (Å²) >= 11 is 0. The highest BCUT2D eigenvalue weighted by atomic mass is 16.5. The number of H-pyrrole nitrogens is 1. The van der Waals surface area contributed by atoms with Crippen LogP contribution in [-0.2, 0) is 14.3 Å². The fourth-order valence-electron chi connectivity index (χ4n) is 2.27. The molecule has 2 rings (SSSR count). The van der Waals surface area contributed by atoms with Crippen LogP contribution in [-0.4, -0.2) is 31.1 Å². The quantitative estimate of drug-likeness (QED) is 0.824. The minimum Gasteiger partial charge on any atom is -0.497 e. The van der Waals surface area contributed by atoms with Crippen LogP contribution >= 0.6 is 0 Å². The number of hydrogen-bond donors (Lipinski definition) is 2. The van der Waals surface area contributed by atoms with Gasteiger partial charge in [-0.25, -0.2) is 0 Å². The lowest BCUT2D eigenvalue weighted by Gasteiger charge is -2.16. The molecular weight excluding hydrogens is 272 g/mol. The summed E-state index contributed by atoms with van der Waals surface area (Å²) in [5, 5.41) is 3.68. The summed E-state index contributed by atoms with van der Waals surface area (Å²) in [4.78, 5) is 26.1. The fraction of sp³-hybridized carbons (Fsp3) is 0.333. The van der Waals surface area contributed by atoms with Gasteiger partial charge in [0.25, 0.3) is 0 Å². The summed E-state index contributed by atoms with van der Waals surface area (Å²) in [5.41, 5.74) is 1.73. The van der Waals surface area contributed by atoms with Gasteiger partial charge in [-0.2, -0.15) is 0 Å². The molecule has 6 nitrogen and oxygen atoms in total. The molecule has 1 aromatic heterocycles. The Bertz CT molecular complexity index is 663. The maximum Gasteiger partial charge on any atom is 0.307 e. The van der Waals surface area contributed by atoms with Gasteiger partial charge < -0.3 is 19.8 Å². The van der Waals surface area contributed by atoms with E-state index >= 15 is 0 Å². The molecule has 21 heavy (non-hydrogen) atoms. The molecule has 2 N–H and O–H groups in total. The molecule has 112 valence electrons. The van der Waals surface area contributed by atoms with Gasteiger partial charge in [-0.05, 0) is 18.2 Å². The number of amides is 1. The fourth-order valence-corrected chi connectivity index (χ4v) is 2.27. The Morgan fingerprint density at radius 2 is 2.10 bits per heavy atom. The summed E-state index contributed by atoms with van der Waals surface area (Å²) in [6.07, 6.45) is 1.86. The molecule has 2 aromatic rings. The first-order valence-electron chi connectivity index (χ1n) is 6.54. The molecule has 0 bridgehead atoms. The average molecular weight is 290 g/mol. The molecule has 6 heteroatoms. The smallest absolute Gasteiger partial charge is 0.307 e. The molecule has 1 atom stereocenters. The molecule has 0 aliphatic rings. The Morgan fingerprint density at radius 3 is 2.71 bits per heavy atom. The van der Waals surface area contributed by atoms with Crippen LogP contribution in [0.4, 0.5) is 0 Å². The topological polar surface area (TPSA) is 80.4 Å². The monoisotopic (exact) mass is 290 g/mol. The normalized spacial score (nSPS) is 12.0. The third kappa shape index (κ3) is 3.34. The third-order valence-electron chi connectivity index (χ3n) is 3.27. The van der Waals surface area contributed by atoms with Crippen LogP contribution in [0.25, 0.3) is 10.9 Å². The number of carbonyl (C=O) groups excluding carboxylic acids is 2. The van der Waals surface area contributed by atoms with Gasteiger partial charge in [0.05, 0.1) is 26.7 Å². The van der Waals surface area contributed by atoms with Crippen LogP contribution < -0.4 is 10.1 Å². The van der Waals surface area contributed by atoms with Gasteiger partial charge in [-0.1, -0.05) is 0 Å². The van der Waals surface area contributed by atoms with Crippen molar-refractivity contribution in [1.29, 1.82) is 0 Å². The second-order valence-corrected chi connectivity index (χ2v) is 4.69. The molecule has 1 heterocycles. The first-order valence-corrected chi connectivity index (χ1v) is 6.54. The highest BCUT2D eigenvalue weighted by molar-refractivity contribution is 5.87. The predicted octanol–water partition coefficient (Wildman–Crippen LogP) is 1.92. The highest BCUT2D eigenvalue weighted by Gasteiger charge is 2.21. The maximum atomic E-state index is 11.5. The Hall–Kier alpha value is -2.50. The molecule has 1 unspecified atom stereocenters. The van der Waals surface area contributed by atoms with Crippen LogP contribution in [0.15, 0.2) is 24.4 Å². The minimum atomic E-state index is -0.448. The highest BCUT2D eigenvalue weighted by Crippen LogP contribution is 2.29. The molecule has 0 radical (unpaired) electrons. The van der Waals surface area contributed by atoms with E-state index in [2.05, 4.69) is 10.3 Å². The van der Waals surface area contributed by atoms with Crippen molar-refractivity contribution >= 4 is 22.8 Å². The molecule has 0 spiro atoms. The molecule has 0 aliphatic heterocycles. The van der Waals surface area contributed by atoms with Crippen molar-refractivity contribution in [2.24, 2.45) is 0 Å². The number of benzene rings is 1. The van der Waals surface area contributed by atoms with E-state index in [1.54, 1.807) is 13.3 Å². The van der Waals surface area contributed by atoms with Crippen LogP contribution in [0.3, 0.4) is 0 Å². The first kappa shape index (κ1) is 14.9. The minimum absolute atomic E-state index is 0.0697. The molecular formula is C15H18N2O4. The van der Waals surface area contributed by atoms with Crippen molar-refractivity contribution in [3.63, 3.8) is 0 Å². The number of ether oxygens (including phenoxy) is 2. The Morgan fingerprint density at radius 1 is 1.33 bits per heavy atom. The lowest BCUT2D eigenvalue weighted by molar-refractivity contribution is -0.141. The van der Waals surface area contributed by atoms with Crippen molar-refractivity contribution in [3.8, 4) is 5.75 Å². The molecule has 0 saturated heterocycles. The van der Waals surface area contributed by atoms with Gasteiger partial charge in [0, 0.05) is 29.6 Å². The van der Waals surface area contributed by atoms with Gasteiger partial charge in [-0.3, -0.25) is 9.59 Å². The number of methoxy groups -OCH3 is 2. The number of aromatic amines is 1. The van der Waals surface area contributed by atoms with Gasteiger partial charge >= 0.3 is 5.97 Å². The number of fused-ring (bicyclic) bond motifs is 1. The van der Waals surface area contributed by atoms with E-state index in [4.69, 9.17) is 9.47 Å². The van der Waals surface area contributed by atoms with Gasteiger partial charge in [-0.15, -0.1) is 0 Å². The summed E-state index contributed by atoms with van der Waals surface area (Å²) in [5.74, 6) is 0.120. The van der Waals surface area contributed by atoms with Crippen LogP contribution in [0, 0.1) is 0 Å². The van der Waals surface area contributed by atoms with Crippen molar-refractivity contribution in [3.05, 3.63) is 30.0 Å².